The third-order valence-corrected chi connectivity index (χ3v) is 5.76. The Labute approximate surface area is 181 Å². The van der Waals surface area contributed by atoms with E-state index in [0.717, 1.165) is 30.5 Å². The van der Waals surface area contributed by atoms with Gasteiger partial charge in [0.25, 0.3) is 0 Å². The maximum Gasteiger partial charge on any atom is 0.241 e. The number of carbonyl (C=O) groups excluding carboxylic acids is 1. The molecule has 156 valence electrons. The van der Waals surface area contributed by atoms with Crippen LogP contribution in [0.5, 0.6) is 0 Å². The van der Waals surface area contributed by atoms with Gasteiger partial charge in [-0.2, -0.15) is 4.98 Å². The van der Waals surface area contributed by atoms with E-state index in [-0.39, 0.29) is 11.8 Å². The fraction of sp³-hybridized carbons (Fsp3) is 0.348. The van der Waals surface area contributed by atoms with Crippen molar-refractivity contribution in [3.63, 3.8) is 0 Å². The maximum absolute atomic E-state index is 13.0. The highest BCUT2D eigenvalue weighted by Crippen LogP contribution is 2.26. The predicted octanol–water partition coefficient (Wildman–Crippen LogP) is 4.26. The Morgan fingerprint density at radius 1 is 1.20 bits per heavy atom. The molecule has 30 heavy (non-hydrogen) atoms. The molecule has 1 unspecified atom stereocenters. The van der Waals surface area contributed by atoms with Crippen LogP contribution in [0.25, 0.3) is 11.4 Å². The quantitative estimate of drug-likeness (QED) is 0.591. The zero-order valence-electron chi connectivity index (χ0n) is 17.0. The molecule has 2 aromatic carbocycles. The average molecular weight is 425 g/mol. The van der Waals surface area contributed by atoms with Crippen LogP contribution in [-0.4, -0.2) is 46.0 Å². The molecule has 1 aromatic heterocycles. The van der Waals surface area contributed by atoms with Crippen LogP contribution in [-0.2, 0) is 17.9 Å². The van der Waals surface area contributed by atoms with Crippen molar-refractivity contribution in [1.29, 1.82) is 0 Å². The maximum atomic E-state index is 13.0. The van der Waals surface area contributed by atoms with Crippen molar-refractivity contribution in [2.24, 2.45) is 5.92 Å². The lowest BCUT2D eigenvalue weighted by Crippen LogP contribution is -2.43. The molecule has 0 spiro atoms. The van der Waals surface area contributed by atoms with Crippen LogP contribution in [0.1, 0.15) is 24.3 Å². The summed E-state index contributed by atoms with van der Waals surface area (Å²) in [6.45, 7) is 2.77. The lowest BCUT2D eigenvalue weighted by molar-refractivity contribution is -0.136. The van der Waals surface area contributed by atoms with Crippen molar-refractivity contribution in [1.82, 2.24) is 19.9 Å². The molecule has 1 aliphatic rings. The summed E-state index contributed by atoms with van der Waals surface area (Å²) in [5.41, 5.74) is 1.89. The smallest absolute Gasteiger partial charge is 0.241 e. The van der Waals surface area contributed by atoms with Gasteiger partial charge in [-0.3, -0.25) is 9.69 Å². The van der Waals surface area contributed by atoms with Crippen LogP contribution in [0.4, 0.5) is 0 Å². The highest BCUT2D eigenvalue weighted by molar-refractivity contribution is 6.33. The fourth-order valence-corrected chi connectivity index (χ4v) is 4.13. The predicted molar refractivity (Wildman–Crippen MR) is 116 cm³/mol. The summed E-state index contributed by atoms with van der Waals surface area (Å²) in [6.07, 6.45) is 1.88. The number of halogens is 1. The lowest BCUT2D eigenvalue weighted by atomic mass is 9.96. The standard InChI is InChI=1S/C23H25ClN4O2/c1-27(14-17-8-3-2-4-9-17)23(29)18-10-7-13-28(15-18)16-21-25-22(26-30-21)19-11-5-6-12-20(19)24/h2-6,8-9,11-12,18H,7,10,13-16H2,1H3. The van der Waals surface area contributed by atoms with E-state index in [0.29, 0.717) is 36.4 Å². The van der Waals surface area contributed by atoms with Crippen molar-refractivity contribution < 1.29 is 9.32 Å². The van der Waals surface area contributed by atoms with Crippen molar-refractivity contribution in [2.75, 3.05) is 20.1 Å². The second-order valence-electron chi connectivity index (χ2n) is 7.75. The summed E-state index contributed by atoms with van der Waals surface area (Å²) in [5.74, 6) is 1.20. The van der Waals surface area contributed by atoms with Gasteiger partial charge in [-0.25, -0.2) is 0 Å². The van der Waals surface area contributed by atoms with Gasteiger partial charge >= 0.3 is 0 Å². The molecule has 0 bridgehead atoms. The molecule has 1 fully saturated rings. The molecule has 7 heteroatoms. The molecule has 1 amide bonds. The molecule has 0 aliphatic carbocycles. The molecule has 2 heterocycles. The van der Waals surface area contributed by atoms with E-state index < -0.39 is 0 Å². The molecule has 6 nitrogen and oxygen atoms in total. The Morgan fingerprint density at radius 2 is 1.97 bits per heavy atom. The third kappa shape index (κ3) is 4.89. The fourth-order valence-electron chi connectivity index (χ4n) is 3.91. The van der Waals surface area contributed by atoms with Gasteiger partial charge in [0.15, 0.2) is 0 Å². The summed E-state index contributed by atoms with van der Waals surface area (Å²) < 4.78 is 5.44. The molecular weight excluding hydrogens is 400 g/mol. The zero-order chi connectivity index (χ0) is 20.9. The van der Waals surface area contributed by atoms with Gasteiger partial charge in [-0.05, 0) is 37.1 Å². The van der Waals surface area contributed by atoms with E-state index in [1.807, 2.05) is 60.5 Å². The first-order chi connectivity index (χ1) is 14.6. The van der Waals surface area contributed by atoms with Crippen LogP contribution < -0.4 is 0 Å². The van der Waals surface area contributed by atoms with Gasteiger partial charge in [0.1, 0.15) is 0 Å². The van der Waals surface area contributed by atoms with E-state index in [1.54, 1.807) is 6.07 Å². The van der Waals surface area contributed by atoms with E-state index in [4.69, 9.17) is 16.1 Å². The molecule has 0 radical (unpaired) electrons. The zero-order valence-corrected chi connectivity index (χ0v) is 17.8. The second-order valence-corrected chi connectivity index (χ2v) is 8.15. The van der Waals surface area contributed by atoms with Gasteiger partial charge in [-0.1, -0.05) is 59.2 Å². The first-order valence-electron chi connectivity index (χ1n) is 10.2. The Hall–Kier alpha value is -2.70. The minimum atomic E-state index is -0.0154. The minimum Gasteiger partial charge on any atom is -0.341 e. The van der Waals surface area contributed by atoms with Gasteiger partial charge in [0.05, 0.1) is 17.5 Å². The topological polar surface area (TPSA) is 62.5 Å². The Kier molecular flexibility index (Phi) is 6.45. The number of aromatic nitrogens is 2. The molecule has 4 rings (SSSR count). The summed E-state index contributed by atoms with van der Waals surface area (Å²) in [4.78, 5) is 21.5. The van der Waals surface area contributed by atoms with Gasteiger partial charge < -0.3 is 9.42 Å². The Bertz CT molecular complexity index is 992. The van der Waals surface area contributed by atoms with Crippen LogP contribution >= 0.6 is 11.6 Å². The number of carbonyl (C=O) groups is 1. The average Bonchev–Trinajstić information content (AvgIpc) is 3.22. The molecule has 1 saturated heterocycles. The third-order valence-electron chi connectivity index (χ3n) is 5.44. The number of likely N-dealkylation sites (tertiary alicyclic amines) is 1. The SMILES string of the molecule is CN(Cc1ccccc1)C(=O)C1CCCN(Cc2nc(-c3ccccc3Cl)no2)C1. The summed E-state index contributed by atoms with van der Waals surface area (Å²) in [7, 11) is 1.88. The number of benzene rings is 2. The summed E-state index contributed by atoms with van der Waals surface area (Å²) in [6, 6.07) is 17.5. The van der Waals surface area contributed by atoms with Gasteiger partial charge in [0.2, 0.25) is 17.6 Å². The molecule has 3 aromatic rings. The van der Waals surface area contributed by atoms with Gasteiger partial charge in [-0.15, -0.1) is 0 Å². The largest absolute Gasteiger partial charge is 0.341 e. The van der Waals surface area contributed by atoms with Crippen LogP contribution in [0.3, 0.4) is 0 Å². The van der Waals surface area contributed by atoms with E-state index >= 15 is 0 Å². The Balaban J connectivity index is 1.36. The van der Waals surface area contributed by atoms with Crippen LogP contribution in [0.2, 0.25) is 5.02 Å². The number of nitrogens with zero attached hydrogens (tertiary/aromatic N) is 4. The van der Waals surface area contributed by atoms with E-state index in [1.165, 1.54) is 0 Å². The monoisotopic (exact) mass is 424 g/mol. The normalized spacial score (nSPS) is 17.1. The molecular formula is C23H25ClN4O2. The number of rotatable bonds is 6. The second kappa shape index (κ2) is 9.41. The van der Waals surface area contributed by atoms with E-state index in [9.17, 15) is 4.79 Å². The molecule has 0 N–H and O–H groups in total. The lowest BCUT2D eigenvalue weighted by Gasteiger charge is -2.33. The number of hydrogen-bond acceptors (Lipinski definition) is 5. The number of piperidine rings is 1. The molecule has 1 atom stereocenters. The summed E-state index contributed by atoms with van der Waals surface area (Å²) >= 11 is 6.23. The highest BCUT2D eigenvalue weighted by atomic mass is 35.5. The molecule has 0 saturated carbocycles. The first kappa shape index (κ1) is 20.6. The Morgan fingerprint density at radius 3 is 2.77 bits per heavy atom. The van der Waals surface area contributed by atoms with Crippen molar-refractivity contribution >= 4 is 17.5 Å². The highest BCUT2D eigenvalue weighted by Gasteiger charge is 2.29. The first-order valence-corrected chi connectivity index (χ1v) is 10.6. The van der Waals surface area contributed by atoms with Crippen molar-refractivity contribution in [3.8, 4) is 11.4 Å². The minimum absolute atomic E-state index is 0.0154. The van der Waals surface area contributed by atoms with Crippen LogP contribution in [0.15, 0.2) is 59.1 Å². The van der Waals surface area contributed by atoms with Crippen molar-refractivity contribution in [2.45, 2.75) is 25.9 Å². The van der Waals surface area contributed by atoms with Crippen molar-refractivity contribution in [3.05, 3.63) is 71.1 Å². The number of amides is 1. The molecule has 1 aliphatic heterocycles. The van der Waals surface area contributed by atoms with E-state index in [2.05, 4.69) is 15.0 Å². The summed E-state index contributed by atoms with van der Waals surface area (Å²) in [5, 5.41) is 4.66. The van der Waals surface area contributed by atoms with Crippen LogP contribution in [0, 0.1) is 5.92 Å². The number of hydrogen-bond donors (Lipinski definition) is 0. The van der Waals surface area contributed by atoms with Gasteiger partial charge in [0, 0.05) is 25.7 Å².